The van der Waals surface area contributed by atoms with E-state index in [1.165, 1.54) is 0 Å². The van der Waals surface area contributed by atoms with Crippen molar-refractivity contribution in [2.24, 2.45) is 0 Å². The maximum Gasteiger partial charge on any atom is 0.401 e. The number of hydrogen-bond acceptors (Lipinski definition) is 2. The molecule has 0 aliphatic heterocycles. The van der Waals surface area contributed by atoms with Crippen molar-refractivity contribution in [1.29, 1.82) is 0 Å². The largest absolute Gasteiger partial charge is 0.401 e. The molecule has 0 bridgehead atoms. The summed E-state index contributed by atoms with van der Waals surface area (Å²) in [5.74, 6) is 0. The molecule has 0 heterocycles. The Labute approximate surface area is 124 Å². The SMILES string of the molecule is CC(C)NCc1ccccc1CN(CC(F)(F)F)C1CC1. The molecule has 5 heteroatoms. The Kier molecular flexibility index (Phi) is 5.27. The van der Waals surface area contributed by atoms with Crippen molar-refractivity contribution in [3.8, 4) is 0 Å². The van der Waals surface area contributed by atoms with Crippen LogP contribution in [0.1, 0.15) is 37.8 Å². The van der Waals surface area contributed by atoms with Gasteiger partial charge in [0.15, 0.2) is 0 Å². The molecule has 0 radical (unpaired) electrons. The molecule has 118 valence electrons. The van der Waals surface area contributed by atoms with Crippen LogP contribution >= 0.6 is 0 Å². The zero-order valence-corrected chi connectivity index (χ0v) is 12.6. The van der Waals surface area contributed by atoms with E-state index in [2.05, 4.69) is 19.2 Å². The molecule has 0 spiro atoms. The maximum absolute atomic E-state index is 12.7. The fraction of sp³-hybridized carbons (Fsp3) is 0.625. The van der Waals surface area contributed by atoms with E-state index in [-0.39, 0.29) is 6.04 Å². The van der Waals surface area contributed by atoms with Crippen LogP contribution in [0.3, 0.4) is 0 Å². The molecule has 21 heavy (non-hydrogen) atoms. The highest BCUT2D eigenvalue weighted by atomic mass is 19.4. The molecule has 0 amide bonds. The van der Waals surface area contributed by atoms with Crippen molar-refractivity contribution >= 4 is 0 Å². The smallest absolute Gasteiger partial charge is 0.310 e. The minimum Gasteiger partial charge on any atom is -0.310 e. The number of rotatable bonds is 7. The van der Waals surface area contributed by atoms with E-state index in [1.54, 1.807) is 4.90 Å². The molecule has 1 N–H and O–H groups in total. The number of nitrogens with one attached hydrogen (secondary N) is 1. The molecule has 1 aliphatic rings. The summed E-state index contributed by atoms with van der Waals surface area (Å²) in [7, 11) is 0. The van der Waals surface area contributed by atoms with E-state index in [0.29, 0.717) is 19.1 Å². The van der Waals surface area contributed by atoms with E-state index in [9.17, 15) is 13.2 Å². The van der Waals surface area contributed by atoms with E-state index in [0.717, 1.165) is 24.0 Å². The van der Waals surface area contributed by atoms with Gasteiger partial charge in [-0.25, -0.2) is 0 Å². The molecule has 1 saturated carbocycles. The van der Waals surface area contributed by atoms with Gasteiger partial charge in [-0.2, -0.15) is 13.2 Å². The van der Waals surface area contributed by atoms with Crippen LogP contribution in [-0.2, 0) is 13.1 Å². The van der Waals surface area contributed by atoms with Gasteiger partial charge in [0.25, 0.3) is 0 Å². The highest BCUT2D eigenvalue weighted by molar-refractivity contribution is 5.27. The van der Waals surface area contributed by atoms with Crippen molar-refractivity contribution < 1.29 is 13.2 Å². The van der Waals surface area contributed by atoms with E-state index >= 15 is 0 Å². The van der Waals surface area contributed by atoms with Gasteiger partial charge in [-0.3, -0.25) is 4.90 Å². The van der Waals surface area contributed by atoms with Gasteiger partial charge < -0.3 is 5.32 Å². The molecule has 0 atom stereocenters. The quantitative estimate of drug-likeness (QED) is 0.826. The minimum atomic E-state index is -4.13. The molecule has 1 aromatic rings. The summed E-state index contributed by atoms with van der Waals surface area (Å²) >= 11 is 0. The second-order valence-corrected chi connectivity index (χ2v) is 6.06. The van der Waals surface area contributed by atoms with E-state index in [1.807, 2.05) is 24.3 Å². The zero-order chi connectivity index (χ0) is 15.5. The lowest BCUT2D eigenvalue weighted by molar-refractivity contribution is -0.148. The summed E-state index contributed by atoms with van der Waals surface area (Å²) in [5, 5.41) is 3.33. The maximum atomic E-state index is 12.7. The van der Waals surface area contributed by atoms with Crippen LogP contribution < -0.4 is 5.32 Å². The first-order chi connectivity index (χ1) is 9.85. The average Bonchev–Trinajstić information content (AvgIpc) is 3.19. The highest BCUT2D eigenvalue weighted by Gasteiger charge is 2.38. The Hall–Kier alpha value is -1.07. The second kappa shape index (κ2) is 6.79. The summed E-state index contributed by atoms with van der Waals surface area (Å²) in [6.45, 7) is 4.37. The lowest BCUT2D eigenvalue weighted by atomic mass is 10.1. The van der Waals surface area contributed by atoms with Gasteiger partial charge in [0.05, 0.1) is 6.54 Å². The number of halogens is 3. The molecule has 0 unspecified atom stereocenters. The van der Waals surface area contributed by atoms with Crippen LogP contribution in [-0.4, -0.2) is 29.7 Å². The summed E-state index contributed by atoms with van der Waals surface area (Å²) in [4.78, 5) is 1.56. The standard InChI is InChI=1S/C16H23F3N2/c1-12(2)20-9-13-5-3-4-6-14(13)10-21(15-7-8-15)11-16(17,18)19/h3-6,12,15,20H,7-11H2,1-2H3. The van der Waals surface area contributed by atoms with Crippen molar-refractivity contribution in [1.82, 2.24) is 10.2 Å². The van der Waals surface area contributed by atoms with Crippen LogP contribution in [0.4, 0.5) is 13.2 Å². The first-order valence-electron chi connectivity index (χ1n) is 7.46. The number of hydrogen-bond donors (Lipinski definition) is 1. The molecule has 2 nitrogen and oxygen atoms in total. The molecule has 0 saturated heterocycles. The highest BCUT2D eigenvalue weighted by Crippen LogP contribution is 2.31. The Balaban J connectivity index is 2.05. The fourth-order valence-corrected chi connectivity index (χ4v) is 2.40. The van der Waals surface area contributed by atoms with Crippen LogP contribution in [0, 0.1) is 0 Å². The van der Waals surface area contributed by atoms with E-state index in [4.69, 9.17) is 0 Å². The molecule has 1 fully saturated rings. The summed E-state index contributed by atoms with van der Waals surface area (Å²) < 4.78 is 38.1. The molecule has 1 aromatic carbocycles. The first-order valence-corrected chi connectivity index (χ1v) is 7.46. The van der Waals surface area contributed by atoms with Gasteiger partial charge in [-0.1, -0.05) is 38.1 Å². The predicted molar refractivity (Wildman–Crippen MR) is 77.9 cm³/mol. The normalized spacial score (nSPS) is 16.0. The summed E-state index contributed by atoms with van der Waals surface area (Å²) in [6, 6.07) is 8.20. The minimum absolute atomic E-state index is 0.0951. The fourth-order valence-electron chi connectivity index (χ4n) is 2.40. The Morgan fingerprint density at radius 2 is 1.81 bits per heavy atom. The monoisotopic (exact) mass is 300 g/mol. The van der Waals surface area contributed by atoms with Gasteiger partial charge in [0.1, 0.15) is 0 Å². The first kappa shape index (κ1) is 16.3. The molecule has 1 aliphatic carbocycles. The van der Waals surface area contributed by atoms with Crippen molar-refractivity contribution in [2.75, 3.05) is 6.54 Å². The van der Waals surface area contributed by atoms with Gasteiger partial charge in [0, 0.05) is 25.2 Å². The van der Waals surface area contributed by atoms with Crippen molar-refractivity contribution in [2.45, 2.75) is 58.0 Å². The zero-order valence-electron chi connectivity index (χ0n) is 12.6. The van der Waals surface area contributed by atoms with Crippen molar-refractivity contribution in [3.05, 3.63) is 35.4 Å². The van der Waals surface area contributed by atoms with Crippen LogP contribution in [0.5, 0.6) is 0 Å². The lowest BCUT2D eigenvalue weighted by Crippen LogP contribution is -2.36. The summed E-state index contributed by atoms with van der Waals surface area (Å²) in [6.07, 6.45) is -2.38. The summed E-state index contributed by atoms with van der Waals surface area (Å²) in [5.41, 5.74) is 2.07. The average molecular weight is 300 g/mol. The Bertz CT molecular complexity index is 453. The van der Waals surface area contributed by atoms with Gasteiger partial charge in [-0.05, 0) is 24.0 Å². The third-order valence-corrected chi connectivity index (χ3v) is 3.64. The van der Waals surface area contributed by atoms with E-state index < -0.39 is 12.7 Å². The van der Waals surface area contributed by atoms with Gasteiger partial charge in [-0.15, -0.1) is 0 Å². The molecule has 2 rings (SSSR count). The van der Waals surface area contributed by atoms with Crippen LogP contribution in [0.25, 0.3) is 0 Å². The number of alkyl halides is 3. The Morgan fingerprint density at radius 3 is 2.33 bits per heavy atom. The lowest BCUT2D eigenvalue weighted by Gasteiger charge is -2.25. The number of benzene rings is 1. The van der Waals surface area contributed by atoms with Gasteiger partial charge >= 0.3 is 6.18 Å². The molecule has 0 aromatic heterocycles. The Morgan fingerprint density at radius 1 is 1.19 bits per heavy atom. The van der Waals surface area contributed by atoms with Crippen LogP contribution in [0.2, 0.25) is 0 Å². The second-order valence-electron chi connectivity index (χ2n) is 6.06. The van der Waals surface area contributed by atoms with Gasteiger partial charge in [0.2, 0.25) is 0 Å². The topological polar surface area (TPSA) is 15.3 Å². The van der Waals surface area contributed by atoms with Crippen molar-refractivity contribution in [3.63, 3.8) is 0 Å². The third-order valence-electron chi connectivity index (χ3n) is 3.64. The third kappa shape index (κ3) is 5.67. The van der Waals surface area contributed by atoms with Crippen LogP contribution in [0.15, 0.2) is 24.3 Å². The molecular formula is C16H23F3N2. The predicted octanol–water partition coefficient (Wildman–Crippen LogP) is 3.71. The number of nitrogens with zero attached hydrogens (tertiary/aromatic N) is 1. The molecular weight excluding hydrogens is 277 g/mol.